The topological polar surface area (TPSA) is 17.1 Å². The summed E-state index contributed by atoms with van der Waals surface area (Å²) in [5, 5.41) is 0. The summed E-state index contributed by atoms with van der Waals surface area (Å²) < 4.78 is 0. The van der Waals surface area contributed by atoms with Crippen molar-refractivity contribution in [2.45, 2.75) is 51.9 Å². The minimum absolute atomic E-state index is 0.733. The maximum Gasteiger partial charge on any atom is 0.120 e. The number of unbranched alkanes of at least 4 members (excludes halogenated alkanes) is 2. The van der Waals surface area contributed by atoms with Crippen LogP contribution in [-0.4, -0.2) is 6.29 Å². The number of hydrogen-bond donors (Lipinski definition) is 0. The van der Waals surface area contributed by atoms with Crippen molar-refractivity contribution in [2.24, 2.45) is 11.8 Å². The van der Waals surface area contributed by atoms with Crippen molar-refractivity contribution >= 4 is 6.29 Å². The highest BCUT2D eigenvalue weighted by molar-refractivity contribution is 5.50. The van der Waals surface area contributed by atoms with E-state index in [0.717, 1.165) is 24.5 Å². The molecule has 1 aliphatic rings. The summed E-state index contributed by atoms with van der Waals surface area (Å²) in [4.78, 5) is 10.2. The maximum absolute atomic E-state index is 10.2. The standard InChI is InChI=1S/C13H22O/c1-2-3-4-5-6-7-8-12-11-13(12)9-10-14/h5-6,10,12-13H,2-4,7-9,11H2,1H3/b6-5-/t12-,13+/m1/s1. The Morgan fingerprint density at radius 1 is 1.21 bits per heavy atom. The highest BCUT2D eigenvalue weighted by Crippen LogP contribution is 2.43. The molecule has 0 amide bonds. The Kier molecular flexibility index (Phi) is 5.58. The predicted octanol–water partition coefficient (Wildman–Crippen LogP) is 3.74. The van der Waals surface area contributed by atoms with Crippen LogP contribution in [0.3, 0.4) is 0 Å². The highest BCUT2D eigenvalue weighted by atomic mass is 16.1. The van der Waals surface area contributed by atoms with Gasteiger partial charge in [-0.15, -0.1) is 0 Å². The minimum atomic E-state index is 0.733. The fourth-order valence-electron chi connectivity index (χ4n) is 1.94. The number of aldehydes is 1. The second kappa shape index (κ2) is 6.80. The van der Waals surface area contributed by atoms with Crippen LogP contribution >= 0.6 is 0 Å². The lowest BCUT2D eigenvalue weighted by molar-refractivity contribution is -0.108. The van der Waals surface area contributed by atoms with Gasteiger partial charge in [-0.25, -0.2) is 0 Å². The molecule has 0 saturated heterocycles. The fraction of sp³-hybridized carbons (Fsp3) is 0.769. The quantitative estimate of drug-likeness (QED) is 0.327. The van der Waals surface area contributed by atoms with E-state index in [1.807, 2.05) is 0 Å². The fourth-order valence-corrected chi connectivity index (χ4v) is 1.94. The summed E-state index contributed by atoms with van der Waals surface area (Å²) in [5.74, 6) is 1.59. The van der Waals surface area contributed by atoms with Gasteiger partial charge in [0.2, 0.25) is 0 Å². The molecule has 0 aromatic carbocycles. The van der Waals surface area contributed by atoms with E-state index in [9.17, 15) is 4.79 Å². The molecule has 14 heavy (non-hydrogen) atoms. The summed E-state index contributed by atoms with van der Waals surface area (Å²) in [6, 6.07) is 0. The third kappa shape index (κ3) is 4.59. The number of carbonyl (C=O) groups excluding carboxylic acids is 1. The van der Waals surface area contributed by atoms with Crippen LogP contribution < -0.4 is 0 Å². The smallest absolute Gasteiger partial charge is 0.120 e. The molecule has 0 bridgehead atoms. The summed E-state index contributed by atoms with van der Waals surface area (Å²) in [6.07, 6.45) is 14.1. The molecule has 0 radical (unpaired) electrons. The van der Waals surface area contributed by atoms with E-state index in [0.29, 0.717) is 0 Å². The Morgan fingerprint density at radius 3 is 2.71 bits per heavy atom. The Morgan fingerprint density at radius 2 is 2.00 bits per heavy atom. The molecular formula is C13H22O. The maximum atomic E-state index is 10.2. The number of allylic oxidation sites excluding steroid dienone is 2. The largest absolute Gasteiger partial charge is 0.303 e. The van der Waals surface area contributed by atoms with Gasteiger partial charge in [0.1, 0.15) is 6.29 Å². The van der Waals surface area contributed by atoms with Gasteiger partial charge in [0.05, 0.1) is 0 Å². The first-order valence-electron chi connectivity index (χ1n) is 5.97. The number of carbonyl (C=O) groups is 1. The molecule has 1 nitrogen and oxygen atoms in total. The third-order valence-corrected chi connectivity index (χ3v) is 3.06. The molecule has 1 aliphatic carbocycles. The Balaban J connectivity index is 1.90. The monoisotopic (exact) mass is 194 g/mol. The zero-order valence-electron chi connectivity index (χ0n) is 9.24. The Bertz CT molecular complexity index is 184. The Labute approximate surface area is 87.6 Å². The van der Waals surface area contributed by atoms with Gasteiger partial charge >= 0.3 is 0 Å². The zero-order valence-corrected chi connectivity index (χ0v) is 9.24. The molecule has 80 valence electrons. The molecular weight excluding hydrogens is 172 g/mol. The molecule has 1 fully saturated rings. The first kappa shape index (κ1) is 11.5. The lowest BCUT2D eigenvalue weighted by Crippen LogP contribution is -1.83. The second-order valence-electron chi connectivity index (χ2n) is 4.35. The SMILES string of the molecule is CCCC/C=C\CC[C@@H]1C[C@@H]1CC=O. The van der Waals surface area contributed by atoms with Crippen LogP contribution in [0.5, 0.6) is 0 Å². The lowest BCUT2D eigenvalue weighted by atomic mass is 10.1. The summed E-state index contributed by atoms with van der Waals surface area (Å²) >= 11 is 0. The van der Waals surface area contributed by atoms with E-state index < -0.39 is 0 Å². The molecule has 1 saturated carbocycles. The van der Waals surface area contributed by atoms with Crippen molar-refractivity contribution in [3.05, 3.63) is 12.2 Å². The van der Waals surface area contributed by atoms with Gasteiger partial charge in [-0.3, -0.25) is 0 Å². The highest BCUT2D eigenvalue weighted by Gasteiger charge is 2.35. The number of hydrogen-bond acceptors (Lipinski definition) is 1. The van der Waals surface area contributed by atoms with Crippen molar-refractivity contribution in [1.82, 2.24) is 0 Å². The number of rotatable bonds is 8. The van der Waals surface area contributed by atoms with Crippen LogP contribution in [-0.2, 0) is 4.79 Å². The van der Waals surface area contributed by atoms with Crippen molar-refractivity contribution in [3.63, 3.8) is 0 Å². The van der Waals surface area contributed by atoms with Gasteiger partial charge in [0, 0.05) is 6.42 Å². The van der Waals surface area contributed by atoms with E-state index in [1.54, 1.807) is 0 Å². The van der Waals surface area contributed by atoms with Crippen molar-refractivity contribution in [2.75, 3.05) is 0 Å². The van der Waals surface area contributed by atoms with Crippen LogP contribution in [0.2, 0.25) is 0 Å². The molecule has 2 atom stereocenters. The summed E-state index contributed by atoms with van der Waals surface area (Å²) in [7, 11) is 0. The van der Waals surface area contributed by atoms with Crippen molar-refractivity contribution in [3.8, 4) is 0 Å². The van der Waals surface area contributed by atoms with E-state index in [-0.39, 0.29) is 0 Å². The van der Waals surface area contributed by atoms with E-state index in [2.05, 4.69) is 19.1 Å². The van der Waals surface area contributed by atoms with Crippen LogP contribution in [0.25, 0.3) is 0 Å². The van der Waals surface area contributed by atoms with Gasteiger partial charge in [-0.1, -0.05) is 31.9 Å². The molecule has 0 aromatic rings. The second-order valence-corrected chi connectivity index (χ2v) is 4.35. The predicted molar refractivity (Wildman–Crippen MR) is 60.2 cm³/mol. The molecule has 0 unspecified atom stereocenters. The van der Waals surface area contributed by atoms with Crippen LogP contribution in [0.15, 0.2) is 12.2 Å². The normalized spacial score (nSPS) is 25.5. The van der Waals surface area contributed by atoms with Crippen LogP contribution in [0.4, 0.5) is 0 Å². The summed E-state index contributed by atoms with van der Waals surface area (Å²) in [5.41, 5.74) is 0. The third-order valence-electron chi connectivity index (χ3n) is 3.06. The average Bonchev–Trinajstić information content (AvgIpc) is 2.91. The average molecular weight is 194 g/mol. The zero-order chi connectivity index (χ0) is 10.2. The van der Waals surface area contributed by atoms with Crippen molar-refractivity contribution in [1.29, 1.82) is 0 Å². The van der Waals surface area contributed by atoms with Crippen LogP contribution in [0.1, 0.15) is 51.9 Å². The molecule has 0 spiro atoms. The van der Waals surface area contributed by atoms with Gasteiger partial charge in [-0.05, 0) is 37.5 Å². The van der Waals surface area contributed by atoms with Gasteiger partial charge in [-0.2, -0.15) is 0 Å². The molecule has 0 N–H and O–H groups in total. The van der Waals surface area contributed by atoms with Gasteiger partial charge in [0.15, 0.2) is 0 Å². The molecule has 1 rings (SSSR count). The molecule has 1 heteroatoms. The first-order valence-corrected chi connectivity index (χ1v) is 5.97. The molecule has 0 heterocycles. The van der Waals surface area contributed by atoms with E-state index in [4.69, 9.17) is 0 Å². The Hall–Kier alpha value is -0.590. The van der Waals surface area contributed by atoms with Crippen molar-refractivity contribution < 1.29 is 4.79 Å². The molecule has 0 aliphatic heterocycles. The minimum Gasteiger partial charge on any atom is -0.303 e. The lowest BCUT2D eigenvalue weighted by Gasteiger charge is -1.93. The van der Waals surface area contributed by atoms with E-state index in [1.165, 1.54) is 38.5 Å². The van der Waals surface area contributed by atoms with Gasteiger partial charge < -0.3 is 4.79 Å². The van der Waals surface area contributed by atoms with Gasteiger partial charge in [0.25, 0.3) is 0 Å². The van der Waals surface area contributed by atoms with E-state index >= 15 is 0 Å². The van der Waals surface area contributed by atoms with Crippen LogP contribution in [0, 0.1) is 11.8 Å². The molecule has 0 aromatic heterocycles. The first-order chi connectivity index (χ1) is 6.88. The summed E-state index contributed by atoms with van der Waals surface area (Å²) in [6.45, 7) is 2.22.